The molecule has 0 fully saturated rings. The van der Waals surface area contributed by atoms with E-state index in [1.165, 1.54) is 23.5 Å². The van der Waals surface area contributed by atoms with E-state index in [2.05, 4.69) is 10.5 Å². The third-order valence-electron chi connectivity index (χ3n) is 3.85. The van der Waals surface area contributed by atoms with Crippen LogP contribution in [-0.4, -0.2) is 51.0 Å². The smallest absolute Gasteiger partial charge is 0.475 e. The number of carboxylic acids is 1. The van der Waals surface area contributed by atoms with Gasteiger partial charge in [-0.05, 0) is 35.6 Å². The van der Waals surface area contributed by atoms with Gasteiger partial charge in [-0.1, -0.05) is 23.4 Å². The van der Waals surface area contributed by atoms with E-state index in [-0.39, 0.29) is 24.8 Å². The first kappa shape index (κ1) is 20.6. The van der Waals surface area contributed by atoms with Gasteiger partial charge < -0.3 is 25.7 Å². The molecule has 0 aliphatic heterocycles. The molecule has 8 nitrogen and oxygen atoms in total. The van der Waals surface area contributed by atoms with Crippen molar-refractivity contribution >= 4 is 36.0 Å². The second-order valence-corrected chi connectivity index (χ2v) is 6.77. The number of oxime groups is 1. The van der Waals surface area contributed by atoms with Gasteiger partial charge in [0.25, 0.3) is 0 Å². The van der Waals surface area contributed by atoms with E-state index in [1.54, 1.807) is 24.3 Å². The standard InChI is InChI=1S/C17H19BN2O6S/c21-16(7-6-13(20-26)14-5-2-8-27-14)19-15(18(24)25)10-11-3-1-4-12(9-11)17(22)23/h1-5,8-9,15,24-26H,6-7,10H2,(H,19,21)(H,22,23)/b20-13-. The summed E-state index contributed by atoms with van der Waals surface area (Å²) in [4.78, 5) is 23.9. The van der Waals surface area contributed by atoms with Gasteiger partial charge in [0.2, 0.25) is 5.91 Å². The molecule has 1 atom stereocenters. The summed E-state index contributed by atoms with van der Waals surface area (Å²) in [5, 5.41) is 44.7. The van der Waals surface area contributed by atoms with E-state index in [4.69, 9.17) is 10.3 Å². The third kappa shape index (κ3) is 6.21. The van der Waals surface area contributed by atoms with Gasteiger partial charge in [-0.3, -0.25) is 4.79 Å². The van der Waals surface area contributed by atoms with Gasteiger partial charge in [0.15, 0.2) is 0 Å². The first-order valence-electron chi connectivity index (χ1n) is 8.13. The van der Waals surface area contributed by atoms with E-state index in [0.29, 0.717) is 11.3 Å². The lowest BCUT2D eigenvalue weighted by Crippen LogP contribution is -2.48. The molecule has 0 spiro atoms. The summed E-state index contributed by atoms with van der Waals surface area (Å²) < 4.78 is 0. The number of rotatable bonds is 9. The highest BCUT2D eigenvalue weighted by Gasteiger charge is 2.26. The Labute approximate surface area is 159 Å². The maximum atomic E-state index is 12.2. The van der Waals surface area contributed by atoms with E-state index in [9.17, 15) is 19.6 Å². The molecule has 0 saturated heterocycles. The highest BCUT2D eigenvalue weighted by Crippen LogP contribution is 2.14. The number of nitrogens with zero attached hydrogens (tertiary/aromatic N) is 1. The van der Waals surface area contributed by atoms with Crippen molar-refractivity contribution in [3.63, 3.8) is 0 Å². The largest absolute Gasteiger partial charge is 0.478 e. The van der Waals surface area contributed by atoms with Gasteiger partial charge in [-0.2, -0.15) is 0 Å². The van der Waals surface area contributed by atoms with Gasteiger partial charge >= 0.3 is 13.1 Å². The van der Waals surface area contributed by atoms with Gasteiger partial charge in [0.05, 0.1) is 22.1 Å². The number of amides is 1. The van der Waals surface area contributed by atoms with E-state index in [0.717, 1.165) is 4.88 Å². The maximum Gasteiger partial charge on any atom is 0.475 e. The molecule has 5 N–H and O–H groups in total. The SMILES string of the molecule is O=C(CC/C(=N/O)c1cccs1)NC(Cc1cccc(C(=O)O)c1)B(O)O. The van der Waals surface area contributed by atoms with Gasteiger partial charge in [0.1, 0.15) is 0 Å². The van der Waals surface area contributed by atoms with Crippen LogP contribution < -0.4 is 5.32 Å². The molecular formula is C17H19BN2O6S. The molecule has 1 aromatic carbocycles. The van der Waals surface area contributed by atoms with Crippen molar-refractivity contribution in [2.45, 2.75) is 25.2 Å². The predicted octanol–water partition coefficient (Wildman–Crippen LogP) is 1.14. The molecule has 1 heterocycles. The zero-order valence-electron chi connectivity index (χ0n) is 14.3. The third-order valence-corrected chi connectivity index (χ3v) is 4.77. The molecule has 27 heavy (non-hydrogen) atoms. The molecule has 142 valence electrons. The van der Waals surface area contributed by atoms with Crippen molar-refractivity contribution in [3.05, 3.63) is 57.8 Å². The zero-order valence-corrected chi connectivity index (χ0v) is 15.1. The summed E-state index contributed by atoms with van der Waals surface area (Å²) in [5.41, 5.74) is 0.990. The first-order chi connectivity index (χ1) is 12.9. The summed E-state index contributed by atoms with van der Waals surface area (Å²) in [7, 11) is -1.81. The summed E-state index contributed by atoms with van der Waals surface area (Å²) >= 11 is 1.38. The van der Waals surface area contributed by atoms with Crippen LogP contribution in [0, 0.1) is 0 Å². The number of hydrogen-bond donors (Lipinski definition) is 5. The Morgan fingerprint density at radius 2 is 1.96 bits per heavy atom. The fraction of sp³-hybridized carbons (Fsp3) is 0.235. The topological polar surface area (TPSA) is 139 Å². The highest BCUT2D eigenvalue weighted by molar-refractivity contribution is 7.12. The Kier molecular flexibility index (Phi) is 7.53. The predicted molar refractivity (Wildman–Crippen MR) is 101 cm³/mol. The lowest BCUT2D eigenvalue weighted by molar-refractivity contribution is -0.121. The van der Waals surface area contributed by atoms with Crippen LogP contribution in [0.25, 0.3) is 0 Å². The molecule has 0 aliphatic carbocycles. The Bertz CT molecular complexity index is 810. The van der Waals surface area contributed by atoms with Crippen molar-refractivity contribution in [2.24, 2.45) is 5.16 Å². The number of hydrogen-bond acceptors (Lipinski definition) is 7. The van der Waals surface area contributed by atoms with Crippen molar-refractivity contribution in [1.82, 2.24) is 5.32 Å². The Balaban J connectivity index is 1.96. The minimum atomic E-state index is -1.81. The lowest BCUT2D eigenvalue weighted by Gasteiger charge is -2.18. The molecule has 0 aliphatic rings. The van der Waals surface area contributed by atoms with Crippen LogP contribution in [0.2, 0.25) is 0 Å². The van der Waals surface area contributed by atoms with E-state index >= 15 is 0 Å². The summed E-state index contributed by atoms with van der Waals surface area (Å²) in [6.07, 6.45) is 0.234. The number of carboxylic acid groups (broad SMARTS) is 1. The molecule has 1 unspecified atom stereocenters. The van der Waals surface area contributed by atoms with Crippen LogP contribution in [0.5, 0.6) is 0 Å². The number of carbonyl (C=O) groups excluding carboxylic acids is 1. The molecule has 1 aromatic heterocycles. The monoisotopic (exact) mass is 390 g/mol. The zero-order chi connectivity index (χ0) is 19.8. The van der Waals surface area contributed by atoms with Crippen molar-refractivity contribution in [3.8, 4) is 0 Å². The van der Waals surface area contributed by atoms with Gasteiger partial charge in [-0.25, -0.2) is 4.79 Å². The molecule has 2 rings (SSSR count). The molecule has 2 aromatic rings. The van der Waals surface area contributed by atoms with Crippen LogP contribution in [0.1, 0.15) is 33.6 Å². The maximum absolute atomic E-state index is 12.2. The normalized spacial score (nSPS) is 12.4. The van der Waals surface area contributed by atoms with Crippen molar-refractivity contribution in [2.75, 3.05) is 0 Å². The highest BCUT2D eigenvalue weighted by atomic mass is 32.1. The number of aromatic carboxylic acids is 1. The molecule has 1 amide bonds. The van der Waals surface area contributed by atoms with E-state index < -0.39 is 24.9 Å². The minimum absolute atomic E-state index is 0.00429. The molecule has 0 bridgehead atoms. The second-order valence-electron chi connectivity index (χ2n) is 5.82. The second kappa shape index (κ2) is 9.86. The van der Waals surface area contributed by atoms with Crippen LogP contribution in [0.15, 0.2) is 46.9 Å². The molecule has 0 radical (unpaired) electrons. The lowest BCUT2D eigenvalue weighted by atomic mass is 9.75. The fourth-order valence-corrected chi connectivity index (χ4v) is 3.23. The summed E-state index contributed by atoms with van der Waals surface area (Å²) in [5.74, 6) is -2.54. The fourth-order valence-electron chi connectivity index (χ4n) is 2.49. The van der Waals surface area contributed by atoms with E-state index in [1.807, 2.05) is 5.38 Å². The number of nitrogens with one attached hydrogen (secondary N) is 1. The van der Waals surface area contributed by atoms with Crippen molar-refractivity contribution < 1.29 is 30.0 Å². The molecular weight excluding hydrogens is 371 g/mol. The van der Waals surface area contributed by atoms with Crippen LogP contribution in [-0.2, 0) is 11.2 Å². The summed E-state index contributed by atoms with van der Waals surface area (Å²) in [6.45, 7) is 0. The average molecular weight is 390 g/mol. The minimum Gasteiger partial charge on any atom is -0.478 e. The average Bonchev–Trinajstić information content (AvgIpc) is 3.16. The van der Waals surface area contributed by atoms with Crippen molar-refractivity contribution in [1.29, 1.82) is 0 Å². The van der Waals surface area contributed by atoms with Crippen LogP contribution >= 0.6 is 11.3 Å². The Hall–Kier alpha value is -2.69. The number of benzene rings is 1. The Morgan fingerprint density at radius 3 is 2.56 bits per heavy atom. The quantitative estimate of drug-likeness (QED) is 0.188. The first-order valence-corrected chi connectivity index (χ1v) is 9.01. The van der Waals surface area contributed by atoms with Crippen LogP contribution in [0.4, 0.5) is 0 Å². The number of carbonyl (C=O) groups is 2. The summed E-state index contributed by atoms with van der Waals surface area (Å²) in [6, 6.07) is 9.60. The van der Waals surface area contributed by atoms with Gasteiger partial charge in [-0.15, -0.1) is 11.3 Å². The number of thiophene rings is 1. The Morgan fingerprint density at radius 1 is 1.19 bits per heavy atom. The van der Waals surface area contributed by atoms with Crippen LogP contribution in [0.3, 0.4) is 0 Å². The molecule has 0 saturated carbocycles. The van der Waals surface area contributed by atoms with Gasteiger partial charge in [0, 0.05) is 12.8 Å². The molecule has 10 heteroatoms.